The zero-order valence-corrected chi connectivity index (χ0v) is 11.1. The van der Waals surface area contributed by atoms with Gasteiger partial charge >= 0.3 is 0 Å². The number of carbonyl (C=O) groups is 2. The second-order valence-corrected chi connectivity index (χ2v) is 5.23. The standard InChI is InChI=1S/C13H14N2O2S/c1-14(2)9-15-12(16)11(18-13(15)17)8-10-6-4-3-5-7-10/h3-8H,9H2,1-2H3. The summed E-state index contributed by atoms with van der Waals surface area (Å²) in [5.41, 5.74) is 0.924. The maximum absolute atomic E-state index is 12.0. The monoisotopic (exact) mass is 262 g/mol. The first-order chi connectivity index (χ1) is 8.58. The van der Waals surface area contributed by atoms with E-state index >= 15 is 0 Å². The molecule has 0 spiro atoms. The molecular formula is C13H14N2O2S. The third-order valence-corrected chi connectivity index (χ3v) is 3.30. The Hall–Kier alpha value is -1.59. The molecule has 0 bridgehead atoms. The van der Waals surface area contributed by atoms with Gasteiger partial charge in [-0.3, -0.25) is 19.4 Å². The first kappa shape index (κ1) is 12.9. The molecule has 0 N–H and O–H groups in total. The summed E-state index contributed by atoms with van der Waals surface area (Å²) in [7, 11) is 3.65. The second-order valence-electron chi connectivity index (χ2n) is 4.24. The Morgan fingerprint density at radius 2 is 1.89 bits per heavy atom. The predicted octanol–water partition coefficient (Wildman–Crippen LogP) is 2.24. The van der Waals surface area contributed by atoms with E-state index in [2.05, 4.69) is 0 Å². The van der Waals surface area contributed by atoms with Gasteiger partial charge in [-0.05, 0) is 37.5 Å². The molecule has 1 heterocycles. The lowest BCUT2D eigenvalue weighted by molar-refractivity contribution is -0.123. The van der Waals surface area contributed by atoms with Gasteiger partial charge in [0.15, 0.2) is 0 Å². The predicted molar refractivity (Wildman–Crippen MR) is 72.8 cm³/mol. The highest BCUT2D eigenvalue weighted by Gasteiger charge is 2.34. The van der Waals surface area contributed by atoms with Gasteiger partial charge in [0.05, 0.1) is 11.6 Å². The summed E-state index contributed by atoms with van der Waals surface area (Å²) in [6.45, 7) is 0.316. The number of amides is 2. The smallest absolute Gasteiger partial charge is 0.292 e. The van der Waals surface area contributed by atoms with Gasteiger partial charge in [0.1, 0.15) is 0 Å². The molecule has 0 saturated carbocycles. The van der Waals surface area contributed by atoms with Crippen LogP contribution < -0.4 is 0 Å². The molecule has 1 aromatic rings. The third kappa shape index (κ3) is 2.80. The first-order valence-corrected chi connectivity index (χ1v) is 6.35. The number of hydrogen-bond acceptors (Lipinski definition) is 4. The Balaban J connectivity index is 2.20. The fourth-order valence-electron chi connectivity index (χ4n) is 1.61. The van der Waals surface area contributed by atoms with Crippen molar-refractivity contribution >= 4 is 29.0 Å². The maximum Gasteiger partial charge on any atom is 0.294 e. The Kier molecular flexibility index (Phi) is 3.84. The maximum atomic E-state index is 12.0. The van der Waals surface area contributed by atoms with E-state index < -0.39 is 0 Å². The molecule has 0 unspecified atom stereocenters. The molecular weight excluding hydrogens is 248 g/mol. The second kappa shape index (κ2) is 5.37. The van der Waals surface area contributed by atoms with E-state index in [-0.39, 0.29) is 11.1 Å². The van der Waals surface area contributed by atoms with Crippen LogP contribution in [0.2, 0.25) is 0 Å². The van der Waals surface area contributed by atoms with Crippen molar-refractivity contribution < 1.29 is 9.59 Å². The zero-order valence-electron chi connectivity index (χ0n) is 10.3. The largest absolute Gasteiger partial charge is 0.294 e. The molecule has 94 valence electrons. The van der Waals surface area contributed by atoms with Gasteiger partial charge in [0.25, 0.3) is 11.1 Å². The number of hydrogen-bond donors (Lipinski definition) is 0. The molecule has 2 amide bonds. The molecule has 5 heteroatoms. The molecule has 1 fully saturated rings. The van der Waals surface area contributed by atoms with Crippen molar-refractivity contribution in [2.45, 2.75) is 0 Å². The van der Waals surface area contributed by atoms with Crippen LogP contribution in [0.1, 0.15) is 5.56 Å². The van der Waals surface area contributed by atoms with E-state index in [1.807, 2.05) is 44.4 Å². The quantitative estimate of drug-likeness (QED) is 0.783. The number of imide groups is 1. The minimum atomic E-state index is -0.220. The van der Waals surface area contributed by atoms with Gasteiger partial charge in [0.2, 0.25) is 0 Å². The topological polar surface area (TPSA) is 40.6 Å². The van der Waals surface area contributed by atoms with E-state index in [4.69, 9.17) is 0 Å². The lowest BCUT2D eigenvalue weighted by Crippen LogP contribution is -2.36. The van der Waals surface area contributed by atoms with Gasteiger partial charge < -0.3 is 0 Å². The minimum absolute atomic E-state index is 0.212. The number of carbonyl (C=O) groups excluding carboxylic acids is 2. The Morgan fingerprint density at radius 3 is 2.50 bits per heavy atom. The van der Waals surface area contributed by atoms with Crippen molar-refractivity contribution in [3.8, 4) is 0 Å². The summed E-state index contributed by atoms with van der Waals surface area (Å²) >= 11 is 0.990. The SMILES string of the molecule is CN(C)CN1C(=O)SC(=Cc2ccccc2)C1=O. The van der Waals surface area contributed by atoms with Gasteiger partial charge in [-0.25, -0.2) is 0 Å². The number of nitrogens with zero attached hydrogens (tertiary/aromatic N) is 2. The summed E-state index contributed by atoms with van der Waals surface area (Å²) < 4.78 is 0. The van der Waals surface area contributed by atoms with Crippen LogP contribution in [0, 0.1) is 0 Å². The summed E-state index contributed by atoms with van der Waals surface area (Å²) in [4.78, 5) is 27.3. The Bertz CT molecular complexity index is 497. The Morgan fingerprint density at radius 1 is 1.22 bits per heavy atom. The van der Waals surface area contributed by atoms with Crippen LogP contribution in [0.25, 0.3) is 6.08 Å². The molecule has 1 aliphatic rings. The van der Waals surface area contributed by atoms with Crippen molar-refractivity contribution in [1.82, 2.24) is 9.80 Å². The van der Waals surface area contributed by atoms with Gasteiger partial charge in [-0.2, -0.15) is 0 Å². The average molecular weight is 262 g/mol. The molecule has 0 atom stereocenters. The molecule has 1 saturated heterocycles. The molecule has 0 aromatic heterocycles. The highest BCUT2D eigenvalue weighted by Crippen LogP contribution is 2.31. The normalized spacial score (nSPS) is 18.2. The number of thioether (sulfide) groups is 1. The van der Waals surface area contributed by atoms with E-state index in [9.17, 15) is 9.59 Å². The van der Waals surface area contributed by atoms with Gasteiger partial charge in [-0.15, -0.1) is 0 Å². The van der Waals surface area contributed by atoms with Crippen LogP contribution in [-0.2, 0) is 4.79 Å². The van der Waals surface area contributed by atoms with Gasteiger partial charge in [0, 0.05) is 0 Å². The molecule has 4 nitrogen and oxygen atoms in total. The van der Waals surface area contributed by atoms with Gasteiger partial charge in [-0.1, -0.05) is 30.3 Å². The van der Waals surface area contributed by atoms with E-state index in [0.29, 0.717) is 11.6 Å². The van der Waals surface area contributed by atoms with Crippen molar-refractivity contribution in [2.75, 3.05) is 20.8 Å². The van der Waals surface area contributed by atoms with E-state index in [0.717, 1.165) is 17.3 Å². The van der Waals surface area contributed by atoms with Crippen LogP contribution in [0.15, 0.2) is 35.2 Å². The van der Waals surface area contributed by atoms with E-state index in [1.54, 1.807) is 11.0 Å². The van der Waals surface area contributed by atoms with Crippen molar-refractivity contribution in [2.24, 2.45) is 0 Å². The Labute approximate surface area is 110 Å². The minimum Gasteiger partial charge on any atom is -0.292 e. The zero-order chi connectivity index (χ0) is 13.1. The van der Waals surface area contributed by atoms with Crippen molar-refractivity contribution in [3.05, 3.63) is 40.8 Å². The number of rotatable bonds is 3. The van der Waals surface area contributed by atoms with E-state index in [1.165, 1.54) is 4.90 Å². The molecule has 0 radical (unpaired) electrons. The summed E-state index contributed by atoms with van der Waals surface area (Å²) in [6, 6.07) is 9.51. The third-order valence-electron chi connectivity index (χ3n) is 2.40. The van der Waals surface area contributed by atoms with Crippen LogP contribution in [0.3, 0.4) is 0 Å². The average Bonchev–Trinajstić information content (AvgIpc) is 2.58. The van der Waals surface area contributed by atoms with Crippen LogP contribution in [0.4, 0.5) is 4.79 Å². The highest BCUT2D eigenvalue weighted by atomic mass is 32.2. The lowest BCUT2D eigenvalue weighted by Gasteiger charge is -2.17. The summed E-state index contributed by atoms with van der Waals surface area (Å²) in [5, 5.41) is -0.212. The molecule has 2 rings (SSSR count). The lowest BCUT2D eigenvalue weighted by atomic mass is 10.2. The summed E-state index contributed by atoms with van der Waals surface area (Å²) in [6.07, 6.45) is 1.75. The molecule has 18 heavy (non-hydrogen) atoms. The first-order valence-electron chi connectivity index (χ1n) is 5.53. The molecule has 1 aromatic carbocycles. The molecule has 1 aliphatic heterocycles. The van der Waals surface area contributed by atoms with Crippen molar-refractivity contribution in [3.63, 3.8) is 0 Å². The van der Waals surface area contributed by atoms with Crippen LogP contribution >= 0.6 is 11.8 Å². The van der Waals surface area contributed by atoms with Crippen LogP contribution in [0.5, 0.6) is 0 Å². The highest BCUT2D eigenvalue weighted by molar-refractivity contribution is 8.18. The number of benzene rings is 1. The van der Waals surface area contributed by atoms with Crippen LogP contribution in [-0.4, -0.2) is 41.7 Å². The fourth-order valence-corrected chi connectivity index (χ4v) is 2.44. The van der Waals surface area contributed by atoms with Crippen molar-refractivity contribution in [1.29, 1.82) is 0 Å². The molecule has 0 aliphatic carbocycles. The summed E-state index contributed by atoms with van der Waals surface area (Å²) in [5.74, 6) is -0.220. The fraction of sp³-hybridized carbons (Fsp3) is 0.231.